The third-order valence-corrected chi connectivity index (χ3v) is 5.28. The minimum atomic E-state index is -0.576. The molecular formula is C20H26ClN3O. The summed E-state index contributed by atoms with van der Waals surface area (Å²) in [4.78, 5) is 6.87. The van der Waals surface area contributed by atoms with Gasteiger partial charge in [0.15, 0.2) is 0 Å². The molecule has 134 valence electrons. The van der Waals surface area contributed by atoms with Crippen molar-refractivity contribution in [3.63, 3.8) is 0 Å². The number of halogens is 1. The summed E-state index contributed by atoms with van der Waals surface area (Å²) in [5.41, 5.74) is 1.91. The third kappa shape index (κ3) is 5.02. The molecule has 2 heterocycles. The Labute approximate surface area is 154 Å². The van der Waals surface area contributed by atoms with E-state index in [1.165, 1.54) is 0 Å². The van der Waals surface area contributed by atoms with Crippen LogP contribution in [-0.4, -0.2) is 40.7 Å². The molecule has 0 bridgehead atoms. The molecule has 0 aliphatic carbocycles. The zero-order valence-corrected chi connectivity index (χ0v) is 15.4. The van der Waals surface area contributed by atoms with Crippen LogP contribution in [-0.2, 0) is 6.54 Å². The maximum Gasteiger partial charge on any atom is 0.0928 e. The zero-order chi connectivity index (χ0) is 17.6. The smallest absolute Gasteiger partial charge is 0.0928 e. The Morgan fingerprint density at radius 2 is 2.08 bits per heavy atom. The number of pyridine rings is 1. The maximum absolute atomic E-state index is 10.4. The summed E-state index contributed by atoms with van der Waals surface area (Å²) >= 11 is 6.17. The van der Waals surface area contributed by atoms with Crippen LogP contribution in [0.4, 0.5) is 0 Å². The number of nitrogens with one attached hydrogen (secondary N) is 1. The Kier molecular flexibility index (Phi) is 6.43. The first-order valence-electron chi connectivity index (χ1n) is 8.91. The molecule has 1 fully saturated rings. The largest absolute Gasteiger partial charge is 0.387 e. The summed E-state index contributed by atoms with van der Waals surface area (Å²) in [5.74, 6) is 0.524. The van der Waals surface area contributed by atoms with Gasteiger partial charge in [0.25, 0.3) is 0 Å². The van der Waals surface area contributed by atoms with Crippen molar-refractivity contribution < 1.29 is 5.11 Å². The molecule has 25 heavy (non-hydrogen) atoms. The average molecular weight is 360 g/mol. The molecule has 2 aromatic rings. The quantitative estimate of drug-likeness (QED) is 0.831. The van der Waals surface area contributed by atoms with Crippen LogP contribution in [0, 0.1) is 5.92 Å². The van der Waals surface area contributed by atoms with Gasteiger partial charge in [-0.05, 0) is 30.5 Å². The van der Waals surface area contributed by atoms with Crippen LogP contribution in [0.5, 0.6) is 0 Å². The van der Waals surface area contributed by atoms with Crippen molar-refractivity contribution in [1.82, 2.24) is 15.2 Å². The van der Waals surface area contributed by atoms with Crippen LogP contribution in [0.1, 0.15) is 30.7 Å². The Balaban J connectivity index is 1.48. The third-order valence-electron chi connectivity index (χ3n) is 4.94. The minimum absolute atomic E-state index is 0.414. The maximum atomic E-state index is 10.4. The van der Waals surface area contributed by atoms with E-state index in [1.807, 2.05) is 42.6 Å². The van der Waals surface area contributed by atoms with Crippen molar-refractivity contribution in [2.45, 2.75) is 32.0 Å². The fourth-order valence-electron chi connectivity index (χ4n) is 3.52. The number of piperidine rings is 1. The second-order valence-corrected chi connectivity index (χ2v) is 7.28. The molecule has 1 saturated heterocycles. The lowest BCUT2D eigenvalue weighted by atomic mass is 9.93. The van der Waals surface area contributed by atoms with E-state index in [1.54, 1.807) is 0 Å². The van der Waals surface area contributed by atoms with Crippen LogP contribution < -0.4 is 5.32 Å². The first kappa shape index (κ1) is 18.3. The van der Waals surface area contributed by atoms with Gasteiger partial charge in [0, 0.05) is 49.0 Å². The second-order valence-electron chi connectivity index (χ2n) is 6.87. The van der Waals surface area contributed by atoms with Gasteiger partial charge >= 0.3 is 0 Å². The molecule has 0 saturated carbocycles. The zero-order valence-electron chi connectivity index (χ0n) is 14.6. The molecule has 1 aliphatic rings. The van der Waals surface area contributed by atoms with E-state index in [-0.39, 0.29) is 0 Å². The van der Waals surface area contributed by atoms with E-state index in [2.05, 4.69) is 28.2 Å². The van der Waals surface area contributed by atoms with Crippen molar-refractivity contribution in [3.05, 3.63) is 64.9 Å². The minimum Gasteiger partial charge on any atom is -0.387 e. The Hall–Kier alpha value is -1.46. The topological polar surface area (TPSA) is 48.4 Å². The van der Waals surface area contributed by atoms with Crippen LogP contribution in [0.3, 0.4) is 0 Å². The average Bonchev–Trinajstić information content (AvgIpc) is 2.62. The highest BCUT2D eigenvalue weighted by Crippen LogP contribution is 2.23. The SMILES string of the molecule is CC1CN(Cc2ccccn2)CCC1NCC(O)c1ccccc1Cl. The Morgan fingerprint density at radius 1 is 1.28 bits per heavy atom. The summed E-state index contributed by atoms with van der Waals surface area (Å²) in [6.07, 6.45) is 2.35. The molecular weight excluding hydrogens is 334 g/mol. The number of likely N-dealkylation sites (tertiary alicyclic amines) is 1. The molecule has 3 unspecified atom stereocenters. The fourth-order valence-corrected chi connectivity index (χ4v) is 3.78. The van der Waals surface area contributed by atoms with Gasteiger partial charge in [-0.1, -0.05) is 42.8 Å². The van der Waals surface area contributed by atoms with Gasteiger partial charge in [-0.3, -0.25) is 9.88 Å². The van der Waals surface area contributed by atoms with Crippen molar-refractivity contribution in [1.29, 1.82) is 0 Å². The molecule has 0 radical (unpaired) electrons. The molecule has 1 aromatic carbocycles. The molecule has 4 nitrogen and oxygen atoms in total. The highest BCUT2D eigenvalue weighted by Gasteiger charge is 2.26. The van der Waals surface area contributed by atoms with E-state index in [0.29, 0.717) is 23.5 Å². The number of benzene rings is 1. The highest BCUT2D eigenvalue weighted by atomic mass is 35.5. The number of rotatable bonds is 6. The van der Waals surface area contributed by atoms with Gasteiger partial charge in [-0.2, -0.15) is 0 Å². The van der Waals surface area contributed by atoms with Crippen molar-refractivity contribution >= 4 is 11.6 Å². The van der Waals surface area contributed by atoms with Gasteiger partial charge in [-0.15, -0.1) is 0 Å². The van der Waals surface area contributed by atoms with Crippen molar-refractivity contribution in [3.8, 4) is 0 Å². The normalized spacial score (nSPS) is 22.7. The number of hydrogen-bond acceptors (Lipinski definition) is 4. The summed E-state index contributed by atoms with van der Waals surface area (Å²) in [5, 5.41) is 14.6. The van der Waals surface area contributed by atoms with Crippen molar-refractivity contribution in [2.24, 2.45) is 5.92 Å². The molecule has 0 amide bonds. The molecule has 5 heteroatoms. The molecule has 3 rings (SSSR count). The van der Waals surface area contributed by atoms with Crippen LogP contribution >= 0.6 is 11.6 Å². The van der Waals surface area contributed by atoms with Gasteiger partial charge in [-0.25, -0.2) is 0 Å². The molecule has 1 aliphatic heterocycles. The van der Waals surface area contributed by atoms with Gasteiger partial charge in [0.2, 0.25) is 0 Å². The predicted octanol–water partition coefficient (Wildman–Crippen LogP) is 3.27. The molecule has 0 spiro atoms. The fraction of sp³-hybridized carbons (Fsp3) is 0.450. The lowest BCUT2D eigenvalue weighted by Gasteiger charge is -2.37. The summed E-state index contributed by atoms with van der Waals surface area (Å²) < 4.78 is 0. The number of aromatic nitrogens is 1. The lowest BCUT2D eigenvalue weighted by molar-refractivity contribution is 0.119. The molecule has 2 N–H and O–H groups in total. The summed E-state index contributed by atoms with van der Waals surface area (Å²) in [7, 11) is 0. The number of aliphatic hydroxyl groups excluding tert-OH is 1. The van der Waals surface area contributed by atoms with Gasteiger partial charge in [0.05, 0.1) is 11.8 Å². The number of nitrogens with zero attached hydrogens (tertiary/aromatic N) is 2. The summed E-state index contributed by atoms with van der Waals surface area (Å²) in [6.45, 7) is 5.78. The number of aliphatic hydroxyl groups is 1. The highest BCUT2D eigenvalue weighted by molar-refractivity contribution is 6.31. The van der Waals surface area contributed by atoms with E-state index >= 15 is 0 Å². The van der Waals surface area contributed by atoms with Gasteiger partial charge in [0.1, 0.15) is 0 Å². The van der Waals surface area contributed by atoms with E-state index in [4.69, 9.17) is 11.6 Å². The first-order valence-corrected chi connectivity index (χ1v) is 9.29. The van der Waals surface area contributed by atoms with Crippen LogP contribution in [0.2, 0.25) is 5.02 Å². The van der Waals surface area contributed by atoms with Crippen molar-refractivity contribution in [2.75, 3.05) is 19.6 Å². The predicted molar refractivity (Wildman–Crippen MR) is 101 cm³/mol. The lowest BCUT2D eigenvalue weighted by Crippen LogP contribution is -2.48. The van der Waals surface area contributed by atoms with Crippen LogP contribution in [0.25, 0.3) is 0 Å². The second kappa shape index (κ2) is 8.77. The summed E-state index contributed by atoms with van der Waals surface area (Å²) in [6, 6.07) is 14.0. The molecule has 3 atom stereocenters. The van der Waals surface area contributed by atoms with E-state index < -0.39 is 6.10 Å². The van der Waals surface area contributed by atoms with Crippen LogP contribution in [0.15, 0.2) is 48.7 Å². The van der Waals surface area contributed by atoms with Gasteiger partial charge < -0.3 is 10.4 Å². The monoisotopic (exact) mass is 359 g/mol. The van der Waals surface area contributed by atoms with E-state index in [0.717, 1.165) is 37.3 Å². The standard InChI is InChI=1S/C20H26ClN3O/c1-15-13-24(14-16-6-4-5-10-22-16)11-9-19(15)23-12-20(25)17-7-2-3-8-18(17)21/h2-8,10,15,19-20,23,25H,9,11-14H2,1H3. The Bertz CT molecular complexity index is 667. The van der Waals surface area contributed by atoms with E-state index in [9.17, 15) is 5.11 Å². The molecule has 1 aromatic heterocycles. The number of hydrogen-bond donors (Lipinski definition) is 2. The Morgan fingerprint density at radius 3 is 2.80 bits per heavy atom. The first-order chi connectivity index (χ1) is 12.1.